The van der Waals surface area contributed by atoms with Gasteiger partial charge in [0.25, 0.3) is 0 Å². The van der Waals surface area contributed by atoms with Gasteiger partial charge < -0.3 is 19.8 Å². The average Bonchev–Trinajstić information content (AvgIpc) is 3.26. The molecule has 6 nitrogen and oxygen atoms in total. The van der Waals surface area contributed by atoms with Crippen LogP contribution in [0.5, 0.6) is 0 Å². The van der Waals surface area contributed by atoms with Gasteiger partial charge in [-0.15, -0.1) is 11.3 Å². The molecular weight excluding hydrogens is 516 g/mol. The minimum absolute atomic E-state index is 0.0352. The van der Waals surface area contributed by atoms with E-state index < -0.39 is 29.4 Å². The Morgan fingerprint density at radius 2 is 2.13 bits per heavy atom. The van der Waals surface area contributed by atoms with Crippen LogP contribution in [0.25, 0.3) is 11.1 Å². The van der Waals surface area contributed by atoms with Gasteiger partial charge in [0.15, 0.2) is 11.3 Å². The molecule has 3 heterocycles. The maximum atomic E-state index is 15.2. The number of amides is 1. The number of furan rings is 1. The van der Waals surface area contributed by atoms with Crippen molar-refractivity contribution in [2.45, 2.75) is 51.8 Å². The number of nitrogens with one attached hydrogen (secondary N) is 2. The number of fused-ring (bicyclic) bond motifs is 1. The molecule has 0 unspecified atom stereocenters. The second-order valence-corrected chi connectivity index (χ2v) is 10.1. The number of thiophene rings is 1. The van der Waals surface area contributed by atoms with Crippen molar-refractivity contribution in [3.63, 3.8) is 0 Å². The number of nitrogens with zero attached hydrogens (tertiary/aromatic N) is 1. The lowest BCUT2D eigenvalue weighted by molar-refractivity contribution is -0.0581. The highest BCUT2D eigenvalue weighted by Gasteiger charge is 2.46. The highest BCUT2D eigenvalue weighted by atomic mass is 79.9. The van der Waals surface area contributed by atoms with Crippen molar-refractivity contribution >= 4 is 61.7 Å². The molecule has 0 aromatic carbocycles. The zero-order valence-corrected chi connectivity index (χ0v) is 20.3. The minimum Gasteiger partial charge on any atom is -0.449 e. The van der Waals surface area contributed by atoms with Gasteiger partial charge in [-0.25, -0.2) is 9.78 Å². The van der Waals surface area contributed by atoms with Gasteiger partial charge in [0.2, 0.25) is 0 Å². The quantitative estimate of drug-likeness (QED) is 0.334. The van der Waals surface area contributed by atoms with Crippen LogP contribution in [0.1, 0.15) is 38.3 Å². The number of aromatic nitrogens is 1. The molecule has 3 rings (SSSR count). The largest absolute Gasteiger partial charge is 0.449 e. The Kier molecular flexibility index (Phi) is 6.83. The van der Waals surface area contributed by atoms with E-state index in [1.54, 1.807) is 32.1 Å². The number of hydrogen-bond acceptors (Lipinski definition) is 6. The van der Waals surface area contributed by atoms with Gasteiger partial charge in [0.05, 0.1) is 10.2 Å². The van der Waals surface area contributed by atoms with Crippen molar-refractivity contribution in [3.05, 3.63) is 43.8 Å². The number of anilines is 1. The van der Waals surface area contributed by atoms with E-state index in [0.29, 0.717) is 12.2 Å². The first-order valence-corrected chi connectivity index (χ1v) is 11.4. The molecule has 0 spiro atoms. The lowest BCUT2D eigenvalue weighted by Crippen LogP contribution is -2.45. The predicted molar refractivity (Wildman–Crippen MR) is 121 cm³/mol. The molecule has 11 heteroatoms. The number of alkyl halides is 2. The van der Waals surface area contributed by atoms with Gasteiger partial charge in [-0.3, -0.25) is 0 Å². The molecule has 0 fully saturated rings. The van der Waals surface area contributed by atoms with E-state index in [1.165, 1.54) is 13.0 Å². The Morgan fingerprint density at radius 3 is 2.74 bits per heavy atom. The fourth-order valence-electron chi connectivity index (χ4n) is 2.72. The van der Waals surface area contributed by atoms with Gasteiger partial charge >= 0.3 is 12.0 Å². The van der Waals surface area contributed by atoms with Crippen molar-refractivity contribution in [2.75, 3.05) is 5.32 Å². The topological polar surface area (TPSA) is 76.4 Å². The van der Waals surface area contributed by atoms with Crippen molar-refractivity contribution in [1.82, 2.24) is 10.3 Å². The second-order valence-electron chi connectivity index (χ2n) is 7.84. The molecule has 0 radical (unpaired) electrons. The summed E-state index contributed by atoms with van der Waals surface area (Å²) in [6.45, 7) is 6.57. The lowest BCUT2D eigenvalue weighted by Gasteiger charge is -2.25. The second kappa shape index (κ2) is 8.91. The van der Waals surface area contributed by atoms with Crippen LogP contribution >= 0.6 is 38.9 Å². The Balaban J connectivity index is 1.91. The van der Waals surface area contributed by atoms with Crippen molar-refractivity contribution in [3.8, 4) is 0 Å². The first-order valence-electron chi connectivity index (χ1n) is 9.31. The molecule has 3 aromatic heterocycles. The molecule has 0 saturated heterocycles. The summed E-state index contributed by atoms with van der Waals surface area (Å²) in [4.78, 5) is 17.1. The molecule has 0 saturated carbocycles. The van der Waals surface area contributed by atoms with Crippen LogP contribution in [0.3, 0.4) is 0 Å². The smallest absolute Gasteiger partial charge is 0.408 e. The van der Waals surface area contributed by atoms with Crippen LogP contribution in [0, 0.1) is 0 Å². The summed E-state index contributed by atoms with van der Waals surface area (Å²) < 4.78 is 41.0. The monoisotopic (exact) mass is 535 g/mol. The normalized spacial score (nSPS) is 13.3. The van der Waals surface area contributed by atoms with Gasteiger partial charge in [-0.05, 0) is 55.1 Å². The first-order chi connectivity index (χ1) is 14.4. The average molecular weight is 537 g/mol. The maximum Gasteiger partial charge on any atom is 0.408 e. The molecule has 0 aliphatic carbocycles. The van der Waals surface area contributed by atoms with E-state index >= 15 is 8.78 Å². The van der Waals surface area contributed by atoms with Crippen molar-refractivity contribution in [2.24, 2.45) is 0 Å². The number of pyridine rings is 1. The third-order valence-electron chi connectivity index (χ3n) is 4.17. The van der Waals surface area contributed by atoms with Crippen molar-refractivity contribution < 1.29 is 22.7 Å². The molecule has 3 aromatic rings. The van der Waals surface area contributed by atoms with E-state index in [0.717, 1.165) is 4.88 Å². The predicted octanol–water partition coefficient (Wildman–Crippen LogP) is 6.92. The minimum atomic E-state index is -3.56. The number of rotatable bonds is 6. The highest BCUT2D eigenvalue weighted by Crippen LogP contribution is 2.44. The van der Waals surface area contributed by atoms with E-state index in [4.69, 9.17) is 20.8 Å². The van der Waals surface area contributed by atoms with Crippen LogP contribution in [-0.4, -0.2) is 22.7 Å². The highest BCUT2D eigenvalue weighted by molar-refractivity contribution is 9.10. The van der Waals surface area contributed by atoms with Crippen LogP contribution in [0.4, 0.5) is 19.3 Å². The van der Waals surface area contributed by atoms with Crippen LogP contribution in [0.2, 0.25) is 5.15 Å². The first kappa shape index (κ1) is 23.7. The Morgan fingerprint density at radius 1 is 1.42 bits per heavy atom. The SMILES string of the molecule is C[C@H](NC(=O)OC(C)(C)C)C(F)(F)c1oc2c(NCc3cccs3)cc(Cl)nc2c1Br. The number of alkyl carbamates (subject to hydrolysis) is 1. The van der Waals surface area contributed by atoms with Crippen molar-refractivity contribution in [1.29, 1.82) is 0 Å². The van der Waals surface area contributed by atoms with Gasteiger partial charge in [-0.1, -0.05) is 17.7 Å². The van der Waals surface area contributed by atoms with E-state index in [2.05, 4.69) is 31.5 Å². The summed E-state index contributed by atoms with van der Waals surface area (Å²) in [5, 5.41) is 7.37. The molecule has 2 N–H and O–H groups in total. The van der Waals surface area contributed by atoms with Gasteiger partial charge in [0.1, 0.15) is 22.3 Å². The summed E-state index contributed by atoms with van der Waals surface area (Å²) in [5.74, 6) is -4.23. The van der Waals surface area contributed by atoms with Crippen LogP contribution < -0.4 is 10.6 Å². The summed E-state index contributed by atoms with van der Waals surface area (Å²) in [5.41, 5.74) is -0.103. The lowest BCUT2D eigenvalue weighted by atomic mass is 10.1. The molecule has 1 amide bonds. The van der Waals surface area contributed by atoms with E-state index in [1.807, 2.05) is 17.5 Å². The fraction of sp³-hybridized carbons (Fsp3) is 0.400. The van der Waals surface area contributed by atoms with Crippen LogP contribution in [0.15, 0.2) is 32.5 Å². The number of hydrogen-bond donors (Lipinski definition) is 2. The van der Waals surface area contributed by atoms with E-state index in [9.17, 15) is 4.79 Å². The van der Waals surface area contributed by atoms with E-state index in [-0.39, 0.29) is 20.7 Å². The molecule has 0 bridgehead atoms. The van der Waals surface area contributed by atoms with Gasteiger partial charge in [-0.2, -0.15) is 8.78 Å². The Hall–Kier alpha value is -1.91. The Labute approximate surface area is 195 Å². The summed E-state index contributed by atoms with van der Waals surface area (Å²) in [6.07, 6.45) is -0.952. The molecule has 0 aliphatic rings. The van der Waals surface area contributed by atoms with Crippen LogP contribution in [-0.2, 0) is 17.2 Å². The van der Waals surface area contributed by atoms with Gasteiger partial charge in [0, 0.05) is 17.5 Å². The maximum absolute atomic E-state index is 15.2. The molecule has 168 valence electrons. The third-order valence-corrected chi connectivity index (χ3v) is 5.97. The number of carbonyl (C=O) groups excluding carboxylic acids is 1. The molecule has 0 aliphatic heterocycles. The summed E-state index contributed by atoms with van der Waals surface area (Å²) >= 11 is 10.8. The third kappa shape index (κ3) is 5.48. The zero-order chi connectivity index (χ0) is 23.0. The Bertz CT molecular complexity index is 1080. The summed E-state index contributed by atoms with van der Waals surface area (Å²) in [6, 6.07) is 3.76. The number of carbonyl (C=O) groups is 1. The molecular formula is C20H21BrClF2N3O3S. The molecule has 1 atom stereocenters. The summed E-state index contributed by atoms with van der Waals surface area (Å²) in [7, 11) is 0. The zero-order valence-electron chi connectivity index (χ0n) is 17.2. The number of ether oxygens (including phenoxy) is 1. The fourth-order valence-corrected chi connectivity index (χ4v) is 4.17. The number of halogens is 4. The standard InChI is InChI=1S/C20H21BrClF2N3O3S/c1-10(26-18(28)30-19(2,3)4)20(23,24)17-14(21)15-16(29-17)12(8-13(22)27-15)25-9-11-6-5-7-31-11/h5-8,10H,9H2,1-4H3,(H,25,27)(H,26,28)/t10-/m0/s1. The molecule has 31 heavy (non-hydrogen) atoms.